The minimum absolute atomic E-state index is 0.107. The van der Waals surface area contributed by atoms with Gasteiger partial charge in [-0.25, -0.2) is 0 Å². The predicted octanol–water partition coefficient (Wildman–Crippen LogP) is -1.07. The Hall–Kier alpha value is -3.10. The van der Waals surface area contributed by atoms with Crippen LogP contribution in [-0.2, 0) is 9.59 Å². The Morgan fingerprint density at radius 2 is 1.68 bits per heavy atom. The molecule has 2 aliphatic rings. The fourth-order valence-corrected chi connectivity index (χ4v) is 4.08. The highest BCUT2D eigenvalue weighted by Crippen LogP contribution is 2.34. The Balaban J connectivity index is 1.39. The molecule has 2 heterocycles. The Morgan fingerprint density at radius 1 is 0.968 bits per heavy atom. The molecule has 2 aliphatic heterocycles. The van der Waals surface area contributed by atoms with Gasteiger partial charge in [0.05, 0.1) is 13.6 Å². The molecule has 8 heteroatoms. The van der Waals surface area contributed by atoms with E-state index in [1.165, 1.54) is 20.9 Å². The van der Waals surface area contributed by atoms with E-state index in [0.717, 1.165) is 26.2 Å². The van der Waals surface area contributed by atoms with Crippen molar-refractivity contribution in [2.75, 3.05) is 51.9 Å². The fourth-order valence-electron chi connectivity index (χ4n) is 4.08. The predicted molar refractivity (Wildman–Crippen MR) is 115 cm³/mol. The van der Waals surface area contributed by atoms with E-state index >= 15 is 0 Å². The number of benzene rings is 2. The van der Waals surface area contributed by atoms with Crippen molar-refractivity contribution in [3.63, 3.8) is 0 Å². The zero-order chi connectivity index (χ0) is 21.8. The number of anilines is 1. The number of likely N-dealkylation sites (N-methyl/N-ethyl adjacent to an activating group) is 1. The van der Waals surface area contributed by atoms with Gasteiger partial charge in [0.15, 0.2) is 11.5 Å². The summed E-state index contributed by atoms with van der Waals surface area (Å²) >= 11 is 0. The van der Waals surface area contributed by atoms with Crippen molar-refractivity contribution >= 4 is 17.5 Å². The molecule has 0 aliphatic carbocycles. The smallest absolute Gasteiger partial charge is 0.313 e. The van der Waals surface area contributed by atoms with E-state index < -0.39 is 11.8 Å². The standard InChI is InChI=1S/C23H28N4O4/c1-16-3-5-17(6-4-16)19(27-11-9-26(2)10-12-27)14-24-22(28)23(29)25-18-7-8-20-21(13-18)31-15-30-20/h3-8,13,19H,9-12,14-15H2,1-2H3,(H,24,28)(H,25,29)/p+2/t19-/m1/s1. The molecule has 2 aromatic carbocycles. The van der Waals surface area contributed by atoms with E-state index in [1.807, 2.05) is 0 Å². The summed E-state index contributed by atoms with van der Waals surface area (Å²) in [7, 11) is 2.21. The zero-order valence-electron chi connectivity index (χ0n) is 18.0. The van der Waals surface area contributed by atoms with Gasteiger partial charge in [-0.1, -0.05) is 29.8 Å². The van der Waals surface area contributed by atoms with E-state index in [9.17, 15) is 9.59 Å². The van der Waals surface area contributed by atoms with Crippen molar-refractivity contribution in [2.24, 2.45) is 0 Å². The lowest BCUT2D eigenvalue weighted by Gasteiger charge is -2.33. The van der Waals surface area contributed by atoms with E-state index in [4.69, 9.17) is 9.47 Å². The molecule has 0 aromatic heterocycles. The Morgan fingerprint density at radius 3 is 2.42 bits per heavy atom. The number of fused-ring (bicyclic) bond motifs is 1. The summed E-state index contributed by atoms with van der Waals surface area (Å²) in [5.41, 5.74) is 2.87. The average Bonchev–Trinajstić information content (AvgIpc) is 3.24. The molecule has 0 unspecified atom stereocenters. The van der Waals surface area contributed by atoms with Crippen LogP contribution in [0.5, 0.6) is 11.5 Å². The van der Waals surface area contributed by atoms with E-state index in [2.05, 4.69) is 48.9 Å². The van der Waals surface area contributed by atoms with Crippen molar-refractivity contribution in [3.05, 3.63) is 53.6 Å². The molecule has 31 heavy (non-hydrogen) atoms. The topological polar surface area (TPSA) is 85.5 Å². The first-order valence-electron chi connectivity index (χ1n) is 10.7. The molecule has 1 atom stereocenters. The monoisotopic (exact) mass is 426 g/mol. The number of ether oxygens (including phenoxy) is 2. The van der Waals surface area contributed by atoms with Crippen molar-refractivity contribution in [2.45, 2.75) is 13.0 Å². The maximum atomic E-state index is 12.5. The summed E-state index contributed by atoms with van der Waals surface area (Å²) in [4.78, 5) is 27.9. The molecule has 2 aromatic rings. The number of aryl methyl sites for hydroxylation is 1. The maximum Gasteiger partial charge on any atom is 0.313 e. The third-order valence-electron chi connectivity index (χ3n) is 6.02. The first kappa shape index (κ1) is 21.1. The van der Waals surface area contributed by atoms with Gasteiger partial charge < -0.3 is 29.9 Å². The number of nitrogens with one attached hydrogen (secondary N) is 4. The van der Waals surface area contributed by atoms with Gasteiger partial charge in [-0.05, 0) is 19.1 Å². The second-order valence-electron chi connectivity index (χ2n) is 8.31. The molecule has 4 rings (SSSR count). The van der Waals surface area contributed by atoms with Gasteiger partial charge in [-0.2, -0.15) is 0 Å². The van der Waals surface area contributed by atoms with Crippen molar-refractivity contribution in [1.82, 2.24) is 5.32 Å². The second kappa shape index (κ2) is 9.36. The molecule has 164 valence electrons. The Kier molecular flexibility index (Phi) is 6.39. The first-order chi connectivity index (χ1) is 15.0. The minimum atomic E-state index is -0.695. The van der Waals surface area contributed by atoms with Crippen molar-refractivity contribution in [3.8, 4) is 11.5 Å². The Labute approximate surface area is 182 Å². The van der Waals surface area contributed by atoms with Gasteiger partial charge in [-0.15, -0.1) is 0 Å². The number of carbonyl (C=O) groups is 2. The molecule has 4 N–H and O–H groups in total. The van der Waals surface area contributed by atoms with Crippen LogP contribution in [0.25, 0.3) is 0 Å². The summed E-state index contributed by atoms with van der Waals surface area (Å²) in [5, 5.41) is 5.47. The highest BCUT2D eigenvalue weighted by atomic mass is 16.7. The Bertz CT molecular complexity index is 939. The van der Waals surface area contributed by atoms with E-state index in [1.54, 1.807) is 18.2 Å². The van der Waals surface area contributed by atoms with Gasteiger partial charge in [0, 0.05) is 17.3 Å². The van der Waals surface area contributed by atoms with Gasteiger partial charge in [0.1, 0.15) is 32.2 Å². The largest absolute Gasteiger partial charge is 0.454 e. The normalized spacial score (nSPS) is 20.7. The number of hydrogen-bond donors (Lipinski definition) is 4. The average molecular weight is 427 g/mol. The number of rotatable bonds is 5. The lowest BCUT2D eigenvalue weighted by atomic mass is 10.0. The molecular weight excluding hydrogens is 396 g/mol. The van der Waals surface area contributed by atoms with E-state index in [0.29, 0.717) is 23.7 Å². The summed E-state index contributed by atoms with van der Waals surface area (Å²) in [5.74, 6) is -0.160. The van der Waals surface area contributed by atoms with Gasteiger partial charge in [0.2, 0.25) is 6.79 Å². The van der Waals surface area contributed by atoms with Gasteiger partial charge in [0.25, 0.3) is 0 Å². The molecule has 1 fully saturated rings. The summed E-state index contributed by atoms with van der Waals surface area (Å²) in [6, 6.07) is 13.6. The van der Waals surface area contributed by atoms with Crippen molar-refractivity contribution < 1.29 is 28.9 Å². The fraction of sp³-hybridized carbons (Fsp3) is 0.391. The molecule has 2 amide bonds. The maximum absolute atomic E-state index is 12.5. The highest BCUT2D eigenvalue weighted by molar-refractivity contribution is 6.39. The van der Waals surface area contributed by atoms with Crippen LogP contribution in [0.1, 0.15) is 17.2 Å². The minimum Gasteiger partial charge on any atom is -0.454 e. The SMILES string of the molecule is Cc1ccc([C@@H](CNC(=O)C(=O)Nc2ccc3c(c2)OCO3)[NH+]2CC[NH+](C)CC2)cc1. The summed E-state index contributed by atoms with van der Waals surface area (Å²) < 4.78 is 10.6. The third kappa shape index (κ3) is 5.15. The van der Waals surface area contributed by atoms with Gasteiger partial charge >= 0.3 is 11.8 Å². The van der Waals surface area contributed by atoms with Gasteiger partial charge in [-0.3, -0.25) is 9.59 Å². The lowest BCUT2D eigenvalue weighted by Crippen LogP contribution is -3.27. The van der Waals surface area contributed by atoms with Crippen LogP contribution in [-0.4, -0.2) is 58.4 Å². The van der Waals surface area contributed by atoms with Crippen LogP contribution in [0.3, 0.4) is 0 Å². The highest BCUT2D eigenvalue weighted by Gasteiger charge is 2.30. The van der Waals surface area contributed by atoms with Crippen LogP contribution in [0.15, 0.2) is 42.5 Å². The number of hydrogen-bond acceptors (Lipinski definition) is 4. The lowest BCUT2D eigenvalue weighted by molar-refractivity contribution is -1.02. The van der Waals surface area contributed by atoms with E-state index in [-0.39, 0.29) is 12.8 Å². The number of quaternary nitrogens is 2. The number of amides is 2. The quantitative estimate of drug-likeness (QED) is 0.459. The first-order valence-corrected chi connectivity index (χ1v) is 10.7. The van der Waals surface area contributed by atoms with Crippen LogP contribution < -0.4 is 29.9 Å². The molecular formula is C23H30N4O4+2. The molecule has 0 saturated carbocycles. The number of carbonyl (C=O) groups excluding carboxylic acids is 2. The van der Waals surface area contributed by atoms with Crippen LogP contribution in [0, 0.1) is 6.92 Å². The zero-order valence-corrected chi connectivity index (χ0v) is 18.0. The molecule has 0 bridgehead atoms. The molecule has 8 nitrogen and oxygen atoms in total. The summed E-state index contributed by atoms with van der Waals surface area (Å²) in [6.45, 7) is 6.88. The summed E-state index contributed by atoms with van der Waals surface area (Å²) in [6.07, 6.45) is 0. The molecule has 0 radical (unpaired) electrons. The molecule has 0 spiro atoms. The molecule has 1 saturated heterocycles. The van der Waals surface area contributed by atoms with Crippen LogP contribution in [0.4, 0.5) is 5.69 Å². The van der Waals surface area contributed by atoms with Crippen LogP contribution in [0.2, 0.25) is 0 Å². The van der Waals surface area contributed by atoms with Crippen LogP contribution >= 0.6 is 0 Å². The second-order valence-corrected chi connectivity index (χ2v) is 8.31. The van der Waals surface area contributed by atoms with Crippen molar-refractivity contribution in [1.29, 1.82) is 0 Å². The number of piperazine rings is 1. The third-order valence-corrected chi connectivity index (χ3v) is 6.02.